The number of aromatic nitrogens is 1. The van der Waals surface area contributed by atoms with Crippen molar-refractivity contribution in [2.24, 2.45) is 5.92 Å². The lowest BCUT2D eigenvalue weighted by Gasteiger charge is -2.36. The molecule has 2 aliphatic rings. The van der Waals surface area contributed by atoms with E-state index in [0.29, 0.717) is 6.04 Å². The Kier molecular flexibility index (Phi) is 2.74. The van der Waals surface area contributed by atoms with Crippen molar-refractivity contribution in [3.05, 3.63) is 23.5 Å². The van der Waals surface area contributed by atoms with Gasteiger partial charge in [-0.05, 0) is 50.5 Å². The molecule has 3 heteroatoms. The van der Waals surface area contributed by atoms with E-state index in [1.54, 1.807) is 0 Å². The van der Waals surface area contributed by atoms with E-state index in [-0.39, 0.29) is 0 Å². The summed E-state index contributed by atoms with van der Waals surface area (Å²) in [5.74, 6) is 0.825. The molecule has 88 valence electrons. The van der Waals surface area contributed by atoms with Gasteiger partial charge >= 0.3 is 0 Å². The summed E-state index contributed by atoms with van der Waals surface area (Å²) in [4.78, 5) is 5.83. The molecule has 1 fully saturated rings. The highest BCUT2D eigenvalue weighted by Gasteiger charge is 2.30. The molecule has 1 aromatic heterocycles. The summed E-state index contributed by atoms with van der Waals surface area (Å²) in [7, 11) is 2.23. The fourth-order valence-corrected chi connectivity index (χ4v) is 3.17. The number of hydrogen-bond donors (Lipinski definition) is 2. The van der Waals surface area contributed by atoms with Crippen LogP contribution in [-0.2, 0) is 6.42 Å². The Morgan fingerprint density at radius 3 is 2.94 bits per heavy atom. The molecule has 1 unspecified atom stereocenters. The van der Waals surface area contributed by atoms with Crippen LogP contribution in [0.2, 0.25) is 0 Å². The number of hydrogen-bond acceptors (Lipinski definition) is 2. The molecule has 0 radical (unpaired) electrons. The molecule has 0 spiro atoms. The summed E-state index contributed by atoms with van der Waals surface area (Å²) in [5.41, 5.74) is 2.99. The number of H-pyrrole nitrogens is 1. The van der Waals surface area contributed by atoms with Gasteiger partial charge in [0.1, 0.15) is 0 Å². The second-order valence-corrected chi connectivity index (χ2v) is 5.23. The van der Waals surface area contributed by atoms with Gasteiger partial charge in [0.25, 0.3) is 0 Å². The third-order valence-corrected chi connectivity index (χ3v) is 4.18. The van der Waals surface area contributed by atoms with Crippen LogP contribution in [-0.4, -0.2) is 36.6 Å². The SMILES string of the molecule is CN1CCC(C2NCCc3[nH]ccc32)CC1. The van der Waals surface area contributed by atoms with Crippen molar-refractivity contribution >= 4 is 0 Å². The lowest BCUT2D eigenvalue weighted by molar-refractivity contribution is 0.182. The first-order valence-corrected chi connectivity index (χ1v) is 6.42. The molecular formula is C13H21N3. The average molecular weight is 219 g/mol. The van der Waals surface area contributed by atoms with Gasteiger partial charge in [0.05, 0.1) is 0 Å². The van der Waals surface area contributed by atoms with E-state index in [0.717, 1.165) is 18.9 Å². The number of nitrogens with zero attached hydrogens (tertiary/aromatic N) is 1. The van der Waals surface area contributed by atoms with Crippen molar-refractivity contribution in [1.29, 1.82) is 0 Å². The van der Waals surface area contributed by atoms with Crippen molar-refractivity contribution in [2.45, 2.75) is 25.3 Å². The number of nitrogens with one attached hydrogen (secondary N) is 2. The van der Waals surface area contributed by atoms with Gasteiger partial charge in [-0.25, -0.2) is 0 Å². The van der Waals surface area contributed by atoms with Crippen molar-refractivity contribution < 1.29 is 0 Å². The number of likely N-dealkylation sites (tertiary alicyclic amines) is 1. The van der Waals surface area contributed by atoms with Gasteiger partial charge in [-0.2, -0.15) is 0 Å². The maximum Gasteiger partial charge on any atom is 0.0367 e. The zero-order valence-electron chi connectivity index (χ0n) is 10.00. The summed E-state index contributed by atoms with van der Waals surface area (Å²) >= 11 is 0. The van der Waals surface area contributed by atoms with E-state index in [4.69, 9.17) is 0 Å². The molecule has 0 bridgehead atoms. The minimum Gasteiger partial charge on any atom is -0.365 e. The normalized spacial score (nSPS) is 27.9. The average Bonchev–Trinajstić information content (AvgIpc) is 2.78. The summed E-state index contributed by atoms with van der Waals surface area (Å²) in [6.07, 6.45) is 5.92. The largest absolute Gasteiger partial charge is 0.365 e. The lowest BCUT2D eigenvalue weighted by Crippen LogP contribution is -2.40. The van der Waals surface area contributed by atoms with Crippen LogP contribution in [0.25, 0.3) is 0 Å². The van der Waals surface area contributed by atoms with E-state index in [9.17, 15) is 0 Å². The van der Waals surface area contributed by atoms with E-state index in [2.05, 4.69) is 34.5 Å². The molecule has 0 aromatic carbocycles. The zero-order valence-corrected chi connectivity index (χ0v) is 10.00. The van der Waals surface area contributed by atoms with E-state index in [1.165, 1.54) is 37.2 Å². The monoisotopic (exact) mass is 219 g/mol. The number of piperidine rings is 1. The van der Waals surface area contributed by atoms with Crippen LogP contribution in [0.4, 0.5) is 0 Å². The Balaban J connectivity index is 1.77. The minimum absolute atomic E-state index is 0.601. The molecule has 3 rings (SSSR count). The van der Waals surface area contributed by atoms with Crippen LogP contribution in [0.5, 0.6) is 0 Å². The minimum atomic E-state index is 0.601. The van der Waals surface area contributed by atoms with Crippen LogP contribution < -0.4 is 5.32 Å². The highest BCUT2D eigenvalue weighted by Crippen LogP contribution is 2.33. The second-order valence-electron chi connectivity index (χ2n) is 5.23. The van der Waals surface area contributed by atoms with Gasteiger partial charge in [-0.3, -0.25) is 0 Å². The predicted octanol–water partition coefficient (Wildman–Crippen LogP) is 1.54. The van der Waals surface area contributed by atoms with Crippen LogP contribution >= 0.6 is 0 Å². The highest BCUT2D eigenvalue weighted by atomic mass is 15.1. The molecule has 1 atom stereocenters. The first-order chi connectivity index (χ1) is 7.84. The number of fused-ring (bicyclic) bond motifs is 1. The smallest absolute Gasteiger partial charge is 0.0367 e. The first-order valence-electron chi connectivity index (χ1n) is 6.42. The molecule has 1 saturated heterocycles. The molecule has 3 heterocycles. The van der Waals surface area contributed by atoms with Crippen LogP contribution in [0, 0.1) is 5.92 Å². The summed E-state index contributed by atoms with van der Waals surface area (Å²) < 4.78 is 0. The van der Waals surface area contributed by atoms with Gasteiger partial charge in [-0.15, -0.1) is 0 Å². The van der Waals surface area contributed by atoms with Crippen LogP contribution in [0.3, 0.4) is 0 Å². The van der Waals surface area contributed by atoms with Crippen molar-refractivity contribution in [1.82, 2.24) is 15.2 Å². The number of aromatic amines is 1. The third-order valence-electron chi connectivity index (χ3n) is 4.18. The highest BCUT2D eigenvalue weighted by molar-refractivity contribution is 5.28. The molecule has 2 aliphatic heterocycles. The fourth-order valence-electron chi connectivity index (χ4n) is 3.17. The van der Waals surface area contributed by atoms with Gasteiger partial charge in [0, 0.05) is 30.9 Å². The van der Waals surface area contributed by atoms with Crippen LogP contribution in [0.1, 0.15) is 30.1 Å². The Hall–Kier alpha value is -0.800. The molecule has 0 aliphatic carbocycles. The summed E-state index contributed by atoms with van der Waals surface area (Å²) in [5, 5.41) is 3.71. The fraction of sp³-hybridized carbons (Fsp3) is 0.692. The van der Waals surface area contributed by atoms with Gasteiger partial charge in [-0.1, -0.05) is 0 Å². The molecule has 1 aromatic rings. The van der Waals surface area contributed by atoms with Crippen molar-refractivity contribution in [3.8, 4) is 0 Å². The second kappa shape index (κ2) is 4.22. The van der Waals surface area contributed by atoms with Gasteiger partial charge in [0.15, 0.2) is 0 Å². The molecule has 2 N–H and O–H groups in total. The Morgan fingerprint density at radius 2 is 2.12 bits per heavy atom. The maximum atomic E-state index is 3.71. The predicted molar refractivity (Wildman–Crippen MR) is 65.5 cm³/mol. The van der Waals surface area contributed by atoms with Crippen molar-refractivity contribution in [3.63, 3.8) is 0 Å². The van der Waals surface area contributed by atoms with Gasteiger partial charge < -0.3 is 15.2 Å². The van der Waals surface area contributed by atoms with Crippen molar-refractivity contribution in [2.75, 3.05) is 26.7 Å². The molecule has 0 amide bonds. The molecular weight excluding hydrogens is 198 g/mol. The maximum absolute atomic E-state index is 3.71. The summed E-state index contributed by atoms with van der Waals surface area (Å²) in [6.45, 7) is 3.63. The standard InChI is InChI=1S/C13H21N3/c1-16-8-4-10(5-9-16)13-11-2-6-14-12(11)3-7-15-13/h2,6,10,13-15H,3-5,7-9H2,1H3. The quantitative estimate of drug-likeness (QED) is 0.751. The molecule has 0 saturated carbocycles. The molecule has 16 heavy (non-hydrogen) atoms. The van der Waals surface area contributed by atoms with E-state index in [1.807, 2.05) is 0 Å². The van der Waals surface area contributed by atoms with E-state index >= 15 is 0 Å². The Bertz CT molecular complexity index is 350. The summed E-state index contributed by atoms with van der Waals surface area (Å²) in [6, 6.07) is 2.87. The van der Waals surface area contributed by atoms with Crippen LogP contribution in [0.15, 0.2) is 12.3 Å². The Labute approximate surface area is 97.2 Å². The Morgan fingerprint density at radius 1 is 1.31 bits per heavy atom. The molecule has 3 nitrogen and oxygen atoms in total. The number of rotatable bonds is 1. The van der Waals surface area contributed by atoms with Gasteiger partial charge in [0.2, 0.25) is 0 Å². The topological polar surface area (TPSA) is 31.1 Å². The first kappa shape index (κ1) is 10.4. The lowest BCUT2D eigenvalue weighted by atomic mass is 9.83. The van der Waals surface area contributed by atoms with E-state index < -0.39 is 0 Å². The zero-order chi connectivity index (χ0) is 11.0. The third kappa shape index (κ3) is 1.78.